The van der Waals surface area contributed by atoms with E-state index in [1.165, 1.54) is 12.7 Å². The van der Waals surface area contributed by atoms with Gasteiger partial charge in [-0.05, 0) is 38.8 Å². The van der Waals surface area contributed by atoms with E-state index in [2.05, 4.69) is 23.6 Å². The Morgan fingerprint density at radius 1 is 1.30 bits per heavy atom. The molecule has 1 atom stereocenters. The third-order valence-corrected chi connectivity index (χ3v) is 5.32. The molecule has 1 saturated heterocycles. The zero-order valence-electron chi connectivity index (χ0n) is 18.2. The van der Waals surface area contributed by atoms with E-state index >= 15 is 0 Å². The number of carbonyl (C=O) groups is 1. The summed E-state index contributed by atoms with van der Waals surface area (Å²) >= 11 is 0. The summed E-state index contributed by atoms with van der Waals surface area (Å²) in [5.41, 5.74) is 2.18. The van der Waals surface area contributed by atoms with Crippen LogP contribution in [-0.4, -0.2) is 63.0 Å². The highest BCUT2D eigenvalue weighted by Crippen LogP contribution is 2.35. The molecule has 2 aliphatic rings. The van der Waals surface area contributed by atoms with Crippen molar-refractivity contribution in [3.8, 4) is 11.5 Å². The molecule has 0 saturated carbocycles. The first kappa shape index (κ1) is 24.4. The van der Waals surface area contributed by atoms with Crippen LogP contribution in [0, 0.1) is 0 Å². The van der Waals surface area contributed by atoms with Crippen LogP contribution >= 0.6 is 24.0 Å². The summed E-state index contributed by atoms with van der Waals surface area (Å²) in [5.74, 6) is 2.53. The number of likely N-dealkylation sites (tertiary alicyclic amines) is 1. The van der Waals surface area contributed by atoms with E-state index in [-0.39, 0.29) is 42.2 Å². The summed E-state index contributed by atoms with van der Waals surface area (Å²) < 4.78 is 16.3. The van der Waals surface area contributed by atoms with Gasteiger partial charge in [0.15, 0.2) is 5.96 Å². The zero-order valence-corrected chi connectivity index (χ0v) is 20.5. The van der Waals surface area contributed by atoms with Crippen LogP contribution in [0.1, 0.15) is 37.8 Å². The zero-order chi connectivity index (χ0) is 20.8. The maximum absolute atomic E-state index is 11.6. The molecular weight excluding hydrogens is 499 g/mol. The van der Waals surface area contributed by atoms with E-state index in [4.69, 9.17) is 19.2 Å². The minimum absolute atomic E-state index is 0. The maximum atomic E-state index is 11.6. The molecule has 0 spiro atoms. The smallest absolute Gasteiger partial charge is 0.409 e. The SMILES string of the molecule is CCNC(=NCc1cc2c(cc1OC)CC(C)O2)NC1CCN(C(=O)OC)CC1.I. The Hall–Kier alpha value is -1.91. The number of ether oxygens (including phenoxy) is 3. The predicted octanol–water partition coefficient (Wildman–Crippen LogP) is 2.92. The minimum Gasteiger partial charge on any atom is -0.496 e. The van der Waals surface area contributed by atoms with Gasteiger partial charge in [-0.2, -0.15) is 0 Å². The molecule has 2 N–H and O–H groups in total. The summed E-state index contributed by atoms with van der Waals surface area (Å²) in [6, 6.07) is 4.37. The lowest BCUT2D eigenvalue weighted by Gasteiger charge is -2.32. The van der Waals surface area contributed by atoms with Crippen molar-refractivity contribution in [1.29, 1.82) is 0 Å². The number of hydrogen-bond donors (Lipinski definition) is 2. The van der Waals surface area contributed by atoms with E-state index in [1.54, 1.807) is 12.0 Å². The molecule has 1 aromatic carbocycles. The molecule has 0 bridgehead atoms. The van der Waals surface area contributed by atoms with Crippen molar-refractivity contribution in [2.75, 3.05) is 33.9 Å². The molecule has 8 nitrogen and oxygen atoms in total. The first-order valence-corrected chi connectivity index (χ1v) is 10.3. The van der Waals surface area contributed by atoms with Gasteiger partial charge in [0, 0.05) is 43.2 Å². The second kappa shape index (κ2) is 11.5. The fraction of sp³-hybridized carbons (Fsp3) is 0.619. The molecule has 30 heavy (non-hydrogen) atoms. The quantitative estimate of drug-likeness (QED) is 0.345. The average molecular weight is 532 g/mol. The molecule has 1 fully saturated rings. The van der Waals surface area contributed by atoms with Gasteiger partial charge in [0.25, 0.3) is 0 Å². The third kappa shape index (κ3) is 6.05. The second-order valence-electron chi connectivity index (χ2n) is 7.48. The van der Waals surface area contributed by atoms with E-state index in [1.807, 2.05) is 13.0 Å². The van der Waals surface area contributed by atoms with Crippen LogP contribution in [0.5, 0.6) is 11.5 Å². The van der Waals surface area contributed by atoms with Crippen LogP contribution in [0.15, 0.2) is 17.1 Å². The van der Waals surface area contributed by atoms with Crippen molar-refractivity contribution in [1.82, 2.24) is 15.5 Å². The van der Waals surface area contributed by atoms with Crippen molar-refractivity contribution < 1.29 is 19.0 Å². The van der Waals surface area contributed by atoms with Gasteiger partial charge in [-0.1, -0.05) is 0 Å². The number of guanidine groups is 1. The number of fused-ring (bicyclic) bond motifs is 1. The van der Waals surface area contributed by atoms with Gasteiger partial charge >= 0.3 is 6.09 Å². The largest absolute Gasteiger partial charge is 0.496 e. The number of hydrogen-bond acceptors (Lipinski definition) is 5. The fourth-order valence-electron chi connectivity index (χ4n) is 3.81. The number of amides is 1. The third-order valence-electron chi connectivity index (χ3n) is 5.32. The number of halogens is 1. The normalized spacial score (nSPS) is 18.7. The van der Waals surface area contributed by atoms with Gasteiger partial charge in [0.05, 0.1) is 20.8 Å². The molecule has 1 unspecified atom stereocenters. The summed E-state index contributed by atoms with van der Waals surface area (Å²) in [7, 11) is 3.11. The Balaban J connectivity index is 0.00000320. The van der Waals surface area contributed by atoms with E-state index in [9.17, 15) is 4.79 Å². The number of rotatable bonds is 5. The number of piperidine rings is 1. The molecule has 3 rings (SSSR count). The Morgan fingerprint density at radius 3 is 2.67 bits per heavy atom. The Labute approximate surface area is 195 Å². The first-order valence-electron chi connectivity index (χ1n) is 10.3. The van der Waals surface area contributed by atoms with Crippen molar-refractivity contribution in [2.45, 2.75) is 51.8 Å². The molecule has 1 aromatic rings. The van der Waals surface area contributed by atoms with Gasteiger partial charge in [0.2, 0.25) is 0 Å². The van der Waals surface area contributed by atoms with Crippen LogP contribution in [0.4, 0.5) is 4.79 Å². The van der Waals surface area contributed by atoms with Gasteiger partial charge in [-0.3, -0.25) is 0 Å². The lowest BCUT2D eigenvalue weighted by Crippen LogP contribution is -2.49. The predicted molar refractivity (Wildman–Crippen MR) is 127 cm³/mol. The molecular formula is C21H33IN4O4. The van der Waals surface area contributed by atoms with Gasteiger partial charge < -0.3 is 29.7 Å². The summed E-state index contributed by atoms with van der Waals surface area (Å²) in [4.78, 5) is 18.1. The van der Waals surface area contributed by atoms with Crippen LogP contribution in [0.25, 0.3) is 0 Å². The Bertz CT molecular complexity index is 751. The van der Waals surface area contributed by atoms with E-state index in [0.29, 0.717) is 19.6 Å². The highest BCUT2D eigenvalue weighted by Gasteiger charge is 2.24. The lowest BCUT2D eigenvalue weighted by atomic mass is 10.1. The van der Waals surface area contributed by atoms with E-state index < -0.39 is 0 Å². The number of methoxy groups -OCH3 is 2. The second-order valence-corrected chi connectivity index (χ2v) is 7.48. The van der Waals surface area contributed by atoms with Crippen molar-refractivity contribution in [2.24, 2.45) is 4.99 Å². The number of aliphatic imine (C=N–C) groups is 1. The highest BCUT2D eigenvalue weighted by atomic mass is 127. The van der Waals surface area contributed by atoms with Crippen LogP contribution < -0.4 is 20.1 Å². The number of carbonyl (C=O) groups excluding carboxylic acids is 1. The molecule has 0 radical (unpaired) electrons. The van der Waals surface area contributed by atoms with Crippen LogP contribution in [-0.2, 0) is 17.7 Å². The molecule has 9 heteroatoms. The number of benzene rings is 1. The molecule has 1 amide bonds. The van der Waals surface area contributed by atoms with Gasteiger partial charge in [-0.25, -0.2) is 9.79 Å². The Kier molecular flexibility index (Phi) is 9.32. The standard InChI is InChI=1S/C21H32N4O4.HI/c1-5-22-20(24-17-6-8-25(9-7-17)21(26)28-4)23-13-16-12-19-15(10-14(2)29-19)11-18(16)27-3;/h11-12,14,17H,5-10,13H2,1-4H3,(H2,22,23,24);1H. The summed E-state index contributed by atoms with van der Waals surface area (Å²) in [6.07, 6.45) is 2.55. The molecule has 168 valence electrons. The van der Waals surface area contributed by atoms with Crippen molar-refractivity contribution in [3.63, 3.8) is 0 Å². The first-order chi connectivity index (χ1) is 14.0. The molecule has 2 heterocycles. The van der Waals surface area contributed by atoms with Gasteiger partial charge in [-0.15, -0.1) is 24.0 Å². The summed E-state index contributed by atoms with van der Waals surface area (Å²) in [6.45, 7) is 6.74. The van der Waals surface area contributed by atoms with Crippen LogP contribution in [0.3, 0.4) is 0 Å². The van der Waals surface area contributed by atoms with Crippen LogP contribution in [0.2, 0.25) is 0 Å². The van der Waals surface area contributed by atoms with Crippen molar-refractivity contribution >= 4 is 36.0 Å². The van der Waals surface area contributed by atoms with Gasteiger partial charge in [0.1, 0.15) is 17.6 Å². The van der Waals surface area contributed by atoms with E-state index in [0.717, 1.165) is 48.8 Å². The number of nitrogens with one attached hydrogen (secondary N) is 2. The highest BCUT2D eigenvalue weighted by molar-refractivity contribution is 14.0. The summed E-state index contributed by atoms with van der Waals surface area (Å²) in [5, 5.41) is 6.79. The molecule has 0 aliphatic carbocycles. The number of nitrogens with zero attached hydrogens (tertiary/aromatic N) is 2. The minimum atomic E-state index is -0.260. The Morgan fingerprint density at radius 2 is 2.03 bits per heavy atom. The van der Waals surface area contributed by atoms with Crippen molar-refractivity contribution in [3.05, 3.63) is 23.3 Å². The maximum Gasteiger partial charge on any atom is 0.409 e. The lowest BCUT2D eigenvalue weighted by molar-refractivity contribution is 0.111. The molecule has 0 aromatic heterocycles. The topological polar surface area (TPSA) is 84.4 Å². The fourth-order valence-corrected chi connectivity index (χ4v) is 3.81. The molecule has 2 aliphatic heterocycles. The monoisotopic (exact) mass is 532 g/mol. The average Bonchev–Trinajstić information content (AvgIpc) is 3.10.